The second kappa shape index (κ2) is 7.64. The number of nitrogens with zero attached hydrogens (tertiary/aromatic N) is 2. The van der Waals surface area contributed by atoms with Gasteiger partial charge in [-0.2, -0.15) is 0 Å². The topological polar surface area (TPSA) is 93.7 Å². The summed E-state index contributed by atoms with van der Waals surface area (Å²) in [5, 5.41) is 11.1. The van der Waals surface area contributed by atoms with Crippen molar-refractivity contribution in [1.29, 1.82) is 0 Å². The maximum Gasteiger partial charge on any atom is 0.298 e. The summed E-state index contributed by atoms with van der Waals surface area (Å²) in [5.74, 6) is 0.209. The van der Waals surface area contributed by atoms with Gasteiger partial charge in [-0.15, -0.1) is 0 Å². The van der Waals surface area contributed by atoms with Gasteiger partial charge < -0.3 is 4.42 Å². The lowest BCUT2D eigenvalue weighted by Gasteiger charge is -2.11. The molecule has 0 N–H and O–H groups in total. The number of para-hydroxylation sites is 1. The van der Waals surface area contributed by atoms with E-state index in [0.717, 1.165) is 27.8 Å². The number of rotatable bonds is 4. The average molecular weight is 420 g/mol. The summed E-state index contributed by atoms with van der Waals surface area (Å²) in [7, 11) is 0. The van der Waals surface area contributed by atoms with E-state index in [1.807, 2.05) is 13.8 Å². The second-order valence-electron chi connectivity index (χ2n) is 6.77. The van der Waals surface area contributed by atoms with Crippen LogP contribution < -0.4 is 4.90 Å². The standard InChI is InChI=1S/C22H16N2O5S/c1-13-10-17(18(24(27)28)11-14(13)2)19-9-8-16(29-19)12-20-21(25)23(22(26)30-20)15-6-4-3-5-7-15/h3-12H,1-2H3/b20-12+. The molecule has 0 saturated carbocycles. The largest absolute Gasteiger partial charge is 0.456 e. The molecule has 1 saturated heterocycles. The molecule has 0 unspecified atom stereocenters. The Kier molecular flexibility index (Phi) is 5.01. The first kappa shape index (κ1) is 19.7. The van der Waals surface area contributed by atoms with Crippen LogP contribution >= 0.6 is 11.8 Å². The van der Waals surface area contributed by atoms with Crippen molar-refractivity contribution in [2.24, 2.45) is 0 Å². The second-order valence-corrected chi connectivity index (χ2v) is 7.76. The van der Waals surface area contributed by atoms with Gasteiger partial charge in [-0.05, 0) is 67.1 Å². The van der Waals surface area contributed by atoms with Crippen LogP contribution in [0.2, 0.25) is 0 Å². The minimum atomic E-state index is -0.449. The van der Waals surface area contributed by atoms with E-state index in [4.69, 9.17) is 4.42 Å². The maximum atomic E-state index is 12.7. The third-order valence-electron chi connectivity index (χ3n) is 4.78. The molecule has 1 aliphatic heterocycles. The molecule has 3 aromatic rings. The van der Waals surface area contributed by atoms with Gasteiger partial charge in [-0.25, -0.2) is 4.90 Å². The van der Waals surface area contributed by atoms with Crippen LogP contribution in [-0.4, -0.2) is 16.1 Å². The normalized spacial score (nSPS) is 15.3. The molecule has 1 fully saturated rings. The van der Waals surface area contributed by atoms with Crippen molar-refractivity contribution < 1.29 is 18.9 Å². The van der Waals surface area contributed by atoms with Crippen LogP contribution in [-0.2, 0) is 4.79 Å². The van der Waals surface area contributed by atoms with Gasteiger partial charge >= 0.3 is 0 Å². The van der Waals surface area contributed by atoms with Crippen molar-refractivity contribution in [2.45, 2.75) is 13.8 Å². The number of nitro benzene ring substituents is 1. The number of aryl methyl sites for hydroxylation is 2. The number of carbonyl (C=O) groups excluding carboxylic acids is 2. The maximum absolute atomic E-state index is 12.7. The molecule has 0 bridgehead atoms. The number of hydrogen-bond acceptors (Lipinski definition) is 6. The zero-order chi connectivity index (χ0) is 21.4. The van der Waals surface area contributed by atoms with Gasteiger partial charge in [0.25, 0.3) is 16.8 Å². The Morgan fingerprint density at radius 3 is 2.43 bits per heavy atom. The Morgan fingerprint density at radius 2 is 1.73 bits per heavy atom. The van der Waals surface area contributed by atoms with Gasteiger partial charge in [0, 0.05) is 12.1 Å². The van der Waals surface area contributed by atoms with E-state index in [1.165, 1.54) is 12.1 Å². The molecular formula is C22H16N2O5S. The fraction of sp³-hybridized carbons (Fsp3) is 0.0909. The summed E-state index contributed by atoms with van der Waals surface area (Å²) in [5.41, 5.74) is 2.52. The van der Waals surface area contributed by atoms with E-state index in [2.05, 4.69) is 0 Å². The van der Waals surface area contributed by atoms with Crippen LogP contribution in [0.4, 0.5) is 16.2 Å². The van der Waals surface area contributed by atoms with Crippen molar-refractivity contribution >= 4 is 40.4 Å². The smallest absolute Gasteiger partial charge is 0.298 e. The molecule has 7 nitrogen and oxygen atoms in total. The minimum Gasteiger partial charge on any atom is -0.456 e. The molecule has 2 amide bonds. The summed E-state index contributed by atoms with van der Waals surface area (Å²) in [6.45, 7) is 3.68. The fourth-order valence-electron chi connectivity index (χ4n) is 3.12. The van der Waals surface area contributed by atoms with Crippen LogP contribution in [0.5, 0.6) is 0 Å². The summed E-state index contributed by atoms with van der Waals surface area (Å²) >= 11 is 0.819. The minimum absolute atomic E-state index is 0.0524. The number of furan rings is 1. The zero-order valence-electron chi connectivity index (χ0n) is 16.1. The number of hydrogen-bond donors (Lipinski definition) is 0. The summed E-state index contributed by atoms with van der Waals surface area (Å²) in [4.78, 5) is 37.4. The fourth-order valence-corrected chi connectivity index (χ4v) is 3.94. The predicted molar refractivity (Wildman–Crippen MR) is 115 cm³/mol. The van der Waals surface area contributed by atoms with Gasteiger partial charge in [0.15, 0.2) is 0 Å². The first-order valence-corrected chi connectivity index (χ1v) is 9.85. The number of carbonyl (C=O) groups is 2. The monoisotopic (exact) mass is 420 g/mol. The molecule has 4 rings (SSSR count). The lowest BCUT2D eigenvalue weighted by molar-refractivity contribution is -0.384. The number of amides is 2. The molecular weight excluding hydrogens is 404 g/mol. The molecule has 1 aromatic heterocycles. The number of anilines is 1. The Bertz CT molecular complexity index is 1210. The first-order valence-electron chi connectivity index (χ1n) is 9.04. The Hall–Kier alpha value is -3.65. The molecule has 2 aromatic carbocycles. The Labute approximate surface area is 176 Å². The highest BCUT2D eigenvalue weighted by Gasteiger charge is 2.36. The highest BCUT2D eigenvalue weighted by molar-refractivity contribution is 8.19. The van der Waals surface area contributed by atoms with Gasteiger partial charge in [-0.3, -0.25) is 19.7 Å². The molecule has 0 atom stereocenters. The molecule has 2 heterocycles. The van der Waals surface area contributed by atoms with Crippen LogP contribution in [0.15, 0.2) is 63.9 Å². The van der Waals surface area contributed by atoms with E-state index in [1.54, 1.807) is 48.5 Å². The van der Waals surface area contributed by atoms with E-state index < -0.39 is 16.1 Å². The summed E-state index contributed by atoms with van der Waals surface area (Å²) in [6.07, 6.45) is 1.48. The third-order valence-corrected chi connectivity index (χ3v) is 5.65. The van der Waals surface area contributed by atoms with Crippen molar-refractivity contribution in [3.63, 3.8) is 0 Å². The number of nitro groups is 1. The Morgan fingerprint density at radius 1 is 1.03 bits per heavy atom. The summed E-state index contributed by atoms with van der Waals surface area (Å²) in [6, 6.07) is 15.1. The van der Waals surface area contributed by atoms with E-state index in [9.17, 15) is 19.7 Å². The van der Waals surface area contributed by atoms with Crippen LogP contribution in [0.1, 0.15) is 16.9 Å². The zero-order valence-corrected chi connectivity index (χ0v) is 16.9. The SMILES string of the molecule is Cc1cc(-c2ccc(/C=C3/SC(=O)N(c4ccccc4)C3=O)o2)c([N+](=O)[O-])cc1C. The third kappa shape index (κ3) is 3.53. The van der Waals surface area contributed by atoms with Gasteiger partial charge in [0.05, 0.1) is 21.1 Å². The van der Waals surface area contributed by atoms with Gasteiger partial charge in [-0.1, -0.05) is 18.2 Å². The van der Waals surface area contributed by atoms with E-state index in [-0.39, 0.29) is 10.6 Å². The first-order chi connectivity index (χ1) is 14.3. The van der Waals surface area contributed by atoms with Crippen LogP contribution in [0.25, 0.3) is 17.4 Å². The van der Waals surface area contributed by atoms with Crippen LogP contribution in [0, 0.1) is 24.0 Å². The highest BCUT2D eigenvalue weighted by atomic mass is 32.2. The van der Waals surface area contributed by atoms with Crippen molar-refractivity contribution in [2.75, 3.05) is 4.90 Å². The van der Waals surface area contributed by atoms with Crippen molar-refractivity contribution in [1.82, 2.24) is 0 Å². The lowest BCUT2D eigenvalue weighted by Crippen LogP contribution is -2.27. The highest BCUT2D eigenvalue weighted by Crippen LogP contribution is 2.37. The van der Waals surface area contributed by atoms with E-state index >= 15 is 0 Å². The number of thioether (sulfide) groups is 1. The van der Waals surface area contributed by atoms with Gasteiger partial charge in [0.1, 0.15) is 11.5 Å². The Balaban J connectivity index is 1.67. The quantitative estimate of drug-likeness (QED) is 0.305. The molecule has 0 spiro atoms. The molecule has 1 aliphatic rings. The molecule has 150 valence electrons. The van der Waals surface area contributed by atoms with Crippen molar-refractivity contribution in [3.05, 3.63) is 86.5 Å². The summed E-state index contributed by atoms with van der Waals surface area (Å²) < 4.78 is 5.77. The molecule has 30 heavy (non-hydrogen) atoms. The number of imide groups is 1. The number of benzene rings is 2. The van der Waals surface area contributed by atoms with E-state index in [0.29, 0.717) is 22.8 Å². The van der Waals surface area contributed by atoms with Gasteiger partial charge in [0.2, 0.25) is 0 Å². The predicted octanol–water partition coefficient (Wildman–Crippen LogP) is 5.71. The molecule has 0 aliphatic carbocycles. The lowest BCUT2D eigenvalue weighted by atomic mass is 10.0. The molecule has 0 radical (unpaired) electrons. The molecule has 8 heteroatoms. The van der Waals surface area contributed by atoms with Crippen molar-refractivity contribution in [3.8, 4) is 11.3 Å². The van der Waals surface area contributed by atoms with Crippen LogP contribution in [0.3, 0.4) is 0 Å². The average Bonchev–Trinajstić information content (AvgIpc) is 3.28.